The maximum atomic E-state index is 12.4. The summed E-state index contributed by atoms with van der Waals surface area (Å²) in [6.45, 7) is 0. The first-order valence-corrected chi connectivity index (χ1v) is 9.28. The molecular formula is C19H17N3O3S. The van der Waals surface area contributed by atoms with Crippen molar-refractivity contribution in [3.63, 3.8) is 0 Å². The van der Waals surface area contributed by atoms with Crippen LogP contribution < -0.4 is 9.46 Å². The first-order valence-electron chi connectivity index (χ1n) is 7.79. The molecule has 1 aromatic heterocycles. The number of sulfonamides is 1. The number of hydrogen-bond acceptors (Lipinski definition) is 5. The number of hydrogen-bond donors (Lipinski definition) is 1. The lowest BCUT2D eigenvalue weighted by molar-refractivity contribution is 0.414. The van der Waals surface area contributed by atoms with Gasteiger partial charge in [-0.25, -0.2) is 13.4 Å². The summed E-state index contributed by atoms with van der Waals surface area (Å²) < 4.78 is 32.4. The third-order valence-electron chi connectivity index (χ3n) is 3.54. The summed E-state index contributed by atoms with van der Waals surface area (Å²) in [7, 11) is -2.09. The maximum absolute atomic E-state index is 12.4. The van der Waals surface area contributed by atoms with E-state index in [1.54, 1.807) is 43.7 Å². The molecule has 0 fully saturated rings. The number of benzene rings is 2. The Bertz CT molecular complexity index is 1000. The Kier molecular flexibility index (Phi) is 5.28. The number of methoxy groups -OCH3 is 1. The molecule has 0 amide bonds. The topological polar surface area (TPSA) is 80.6 Å². The number of pyridine rings is 1. The van der Waals surface area contributed by atoms with Crippen molar-refractivity contribution >= 4 is 27.7 Å². The number of nitrogens with zero attached hydrogens (tertiary/aromatic N) is 2. The molecule has 0 atom stereocenters. The molecule has 7 heteroatoms. The second kappa shape index (κ2) is 7.79. The van der Waals surface area contributed by atoms with Gasteiger partial charge in [-0.3, -0.25) is 9.71 Å². The number of rotatable bonds is 6. The second-order valence-corrected chi connectivity index (χ2v) is 7.00. The van der Waals surface area contributed by atoms with Crippen molar-refractivity contribution in [3.05, 3.63) is 78.5 Å². The van der Waals surface area contributed by atoms with Gasteiger partial charge in [-0.2, -0.15) is 0 Å². The van der Waals surface area contributed by atoms with E-state index < -0.39 is 10.0 Å². The van der Waals surface area contributed by atoms with E-state index in [4.69, 9.17) is 4.74 Å². The lowest BCUT2D eigenvalue weighted by Crippen LogP contribution is -2.13. The monoisotopic (exact) mass is 367 g/mol. The molecule has 6 nitrogen and oxygen atoms in total. The number of aliphatic imine (C=N–C) groups is 1. The summed E-state index contributed by atoms with van der Waals surface area (Å²) in [5, 5.41) is 0. The van der Waals surface area contributed by atoms with Gasteiger partial charge in [0.05, 0.1) is 17.7 Å². The number of nitrogens with one attached hydrogen (secondary N) is 1. The minimum Gasteiger partial charge on any atom is -0.496 e. The molecule has 2 aromatic carbocycles. The molecule has 26 heavy (non-hydrogen) atoms. The summed E-state index contributed by atoms with van der Waals surface area (Å²) in [4.78, 5) is 8.46. The Balaban J connectivity index is 1.77. The zero-order chi connectivity index (χ0) is 18.4. The van der Waals surface area contributed by atoms with Crippen molar-refractivity contribution < 1.29 is 13.2 Å². The van der Waals surface area contributed by atoms with Crippen LogP contribution in [0, 0.1) is 0 Å². The van der Waals surface area contributed by atoms with Crippen molar-refractivity contribution in [2.45, 2.75) is 4.90 Å². The van der Waals surface area contributed by atoms with Gasteiger partial charge >= 0.3 is 0 Å². The highest BCUT2D eigenvalue weighted by atomic mass is 32.2. The molecule has 0 aliphatic carbocycles. The molecule has 0 unspecified atom stereocenters. The lowest BCUT2D eigenvalue weighted by atomic mass is 10.2. The fourth-order valence-corrected chi connectivity index (χ4v) is 3.26. The van der Waals surface area contributed by atoms with Gasteiger partial charge in [0.2, 0.25) is 0 Å². The Morgan fingerprint density at radius 1 is 1.00 bits per heavy atom. The Morgan fingerprint density at radius 3 is 2.42 bits per heavy atom. The molecule has 3 aromatic rings. The van der Waals surface area contributed by atoms with Crippen molar-refractivity contribution in [2.75, 3.05) is 11.8 Å². The van der Waals surface area contributed by atoms with E-state index in [0.717, 1.165) is 11.3 Å². The fourth-order valence-electron chi connectivity index (χ4n) is 2.25. The Hall–Kier alpha value is -3.19. The Labute approximate surface area is 152 Å². The molecule has 3 rings (SSSR count). The van der Waals surface area contributed by atoms with Crippen LogP contribution in [0.5, 0.6) is 5.75 Å². The average Bonchev–Trinajstić information content (AvgIpc) is 2.67. The zero-order valence-corrected chi connectivity index (χ0v) is 14.8. The van der Waals surface area contributed by atoms with Gasteiger partial charge in [0.1, 0.15) is 11.6 Å². The highest BCUT2D eigenvalue weighted by Crippen LogP contribution is 2.20. The van der Waals surface area contributed by atoms with Gasteiger partial charge in [-0.15, -0.1) is 0 Å². The van der Waals surface area contributed by atoms with Crippen LogP contribution in [0.15, 0.2) is 82.8 Å². The summed E-state index contributed by atoms with van der Waals surface area (Å²) in [5.41, 5.74) is 1.47. The zero-order valence-electron chi connectivity index (χ0n) is 14.0. The minimum atomic E-state index is -3.69. The van der Waals surface area contributed by atoms with E-state index in [1.165, 1.54) is 18.3 Å². The normalized spacial score (nSPS) is 11.4. The van der Waals surface area contributed by atoms with Crippen LogP contribution >= 0.6 is 0 Å². The highest BCUT2D eigenvalue weighted by molar-refractivity contribution is 7.92. The van der Waals surface area contributed by atoms with Crippen molar-refractivity contribution in [3.8, 4) is 5.75 Å². The van der Waals surface area contributed by atoms with E-state index in [-0.39, 0.29) is 10.7 Å². The molecule has 0 saturated carbocycles. The number of para-hydroxylation sites is 1. The van der Waals surface area contributed by atoms with E-state index >= 15 is 0 Å². The summed E-state index contributed by atoms with van der Waals surface area (Å²) in [5.74, 6) is 0.987. The molecule has 0 bridgehead atoms. The van der Waals surface area contributed by atoms with Gasteiger partial charge in [-0.1, -0.05) is 18.2 Å². The van der Waals surface area contributed by atoms with Gasteiger partial charge in [-0.05, 0) is 48.5 Å². The highest BCUT2D eigenvalue weighted by Gasteiger charge is 2.14. The van der Waals surface area contributed by atoms with Crippen molar-refractivity contribution in [1.29, 1.82) is 0 Å². The van der Waals surface area contributed by atoms with Crippen LogP contribution in [0.2, 0.25) is 0 Å². The van der Waals surface area contributed by atoms with Crippen molar-refractivity contribution in [2.24, 2.45) is 4.99 Å². The summed E-state index contributed by atoms with van der Waals surface area (Å²) >= 11 is 0. The molecule has 1 heterocycles. The lowest BCUT2D eigenvalue weighted by Gasteiger charge is -2.07. The van der Waals surface area contributed by atoms with Crippen LogP contribution in [0.1, 0.15) is 5.56 Å². The number of ether oxygens (including phenoxy) is 1. The van der Waals surface area contributed by atoms with Crippen LogP contribution in [0.4, 0.5) is 11.5 Å². The molecule has 0 saturated heterocycles. The third-order valence-corrected chi connectivity index (χ3v) is 4.91. The molecule has 1 N–H and O–H groups in total. The molecule has 132 valence electrons. The minimum absolute atomic E-state index is 0.138. The average molecular weight is 367 g/mol. The van der Waals surface area contributed by atoms with E-state index in [0.29, 0.717) is 5.69 Å². The van der Waals surface area contributed by atoms with Gasteiger partial charge in [0.15, 0.2) is 0 Å². The molecule has 0 aliphatic rings. The number of aromatic nitrogens is 1. The number of anilines is 1. The van der Waals surface area contributed by atoms with Crippen LogP contribution in [0.25, 0.3) is 0 Å². The largest absolute Gasteiger partial charge is 0.496 e. The standard InChI is InChI=1S/C19H17N3O3S/c1-25-18-7-3-2-6-15(18)14-21-16-9-11-17(12-10-16)26(23,24)22-19-8-4-5-13-20-19/h2-14H,1H3,(H,20,22). The van der Waals surface area contributed by atoms with Crippen LogP contribution in [0.3, 0.4) is 0 Å². The van der Waals surface area contributed by atoms with Gasteiger partial charge < -0.3 is 4.74 Å². The van der Waals surface area contributed by atoms with Gasteiger partial charge in [0, 0.05) is 18.0 Å². The predicted molar refractivity (Wildman–Crippen MR) is 102 cm³/mol. The maximum Gasteiger partial charge on any atom is 0.263 e. The fraction of sp³-hybridized carbons (Fsp3) is 0.0526. The smallest absolute Gasteiger partial charge is 0.263 e. The second-order valence-electron chi connectivity index (χ2n) is 5.31. The summed E-state index contributed by atoms with van der Waals surface area (Å²) in [6.07, 6.45) is 3.20. The molecule has 0 spiro atoms. The quantitative estimate of drug-likeness (QED) is 0.675. The van der Waals surface area contributed by atoms with E-state index in [9.17, 15) is 8.42 Å². The third kappa shape index (κ3) is 4.25. The van der Waals surface area contributed by atoms with Crippen LogP contribution in [-0.2, 0) is 10.0 Å². The SMILES string of the molecule is COc1ccccc1C=Nc1ccc(S(=O)(=O)Nc2ccccn2)cc1. The predicted octanol–water partition coefficient (Wildman–Crippen LogP) is 3.64. The molecule has 0 aliphatic heterocycles. The first-order chi connectivity index (χ1) is 12.6. The summed E-state index contributed by atoms with van der Waals surface area (Å²) in [6, 6.07) is 18.8. The van der Waals surface area contributed by atoms with E-state index in [2.05, 4.69) is 14.7 Å². The van der Waals surface area contributed by atoms with Crippen molar-refractivity contribution in [1.82, 2.24) is 4.98 Å². The van der Waals surface area contributed by atoms with Crippen LogP contribution in [-0.4, -0.2) is 26.7 Å². The molecular weight excluding hydrogens is 350 g/mol. The van der Waals surface area contributed by atoms with E-state index in [1.807, 2.05) is 24.3 Å². The Morgan fingerprint density at radius 2 is 1.73 bits per heavy atom. The first kappa shape index (κ1) is 17.6. The molecule has 0 radical (unpaired) electrons. The van der Waals surface area contributed by atoms with Gasteiger partial charge in [0.25, 0.3) is 10.0 Å².